The molecule has 0 aliphatic carbocycles. The van der Waals surface area contributed by atoms with Gasteiger partial charge in [0.25, 0.3) is 0 Å². The summed E-state index contributed by atoms with van der Waals surface area (Å²) in [5.74, 6) is 0. The molecule has 3 rings (SSSR count). The first-order valence-corrected chi connectivity index (χ1v) is 9.44. The number of aryl methyl sites for hydroxylation is 2. The fourth-order valence-corrected chi connectivity index (χ4v) is 1.27. The zero-order valence-electron chi connectivity index (χ0n) is 18.2. The van der Waals surface area contributed by atoms with Crippen LogP contribution >= 0.6 is 0 Å². The number of aromatic nitrogens is 3. The Bertz CT molecular complexity index is 494. The molecule has 0 saturated carbocycles. The second kappa shape index (κ2) is 24.9. The highest BCUT2D eigenvalue weighted by molar-refractivity contribution is 5.94. The lowest BCUT2D eigenvalue weighted by Crippen LogP contribution is -1.75. The molecule has 0 spiro atoms. The van der Waals surface area contributed by atoms with Gasteiger partial charge in [-0.15, -0.1) is 0 Å². The van der Waals surface area contributed by atoms with Gasteiger partial charge in [-0.2, -0.15) is 0 Å². The minimum Gasteiger partial charge on any atom is -0.286 e. The van der Waals surface area contributed by atoms with E-state index in [-0.39, 0.29) is 0 Å². The average Bonchev–Trinajstić information content (AvgIpc) is 3.20. The van der Waals surface area contributed by atoms with Gasteiger partial charge in [-0.1, -0.05) is 47.6 Å². The predicted molar refractivity (Wildman–Crippen MR) is 117 cm³/mol. The molecule has 26 heavy (non-hydrogen) atoms. The van der Waals surface area contributed by atoms with Crippen LogP contribution in [0.2, 0.25) is 0 Å². The number of rotatable bonds is 0. The number of hydrogen-bond donors (Lipinski definition) is 0. The Balaban J connectivity index is -0.000000267. The summed E-state index contributed by atoms with van der Waals surface area (Å²) in [5, 5.41) is 0. The lowest BCUT2D eigenvalue weighted by Gasteiger charge is -1.82. The minimum atomic E-state index is 0.895. The van der Waals surface area contributed by atoms with E-state index < -0.39 is 0 Å². The number of nitrogens with zero attached hydrogens (tertiary/aromatic N) is 4. The number of aliphatic imine (C=N–C) groups is 1. The van der Waals surface area contributed by atoms with E-state index in [0.717, 1.165) is 17.8 Å². The molecule has 0 fully saturated rings. The first kappa shape index (κ1) is 28.4. The van der Waals surface area contributed by atoms with E-state index in [4.69, 9.17) is 0 Å². The number of pyridine rings is 1. The first-order chi connectivity index (χ1) is 12.7. The molecule has 0 bridgehead atoms. The van der Waals surface area contributed by atoms with E-state index in [9.17, 15) is 0 Å². The molecular formula is C22H38N4. The van der Waals surface area contributed by atoms with Crippen LogP contribution in [0, 0.1) is 13.8 Å². The van der Waals surface area contributed by atoms with Crippen LogP contribution in [0.1, 0.15) is 59.6 Å². The Morgan fingerprint density at radius 2 is 1.19 bits per heavy atom. The molecule has 146 valence electrons. The molecule has 0 unspecified atom stereocenters. The van der Waals surface area contributed by atoms with E-state index >= 15 is 0 Å². The first-order valence-electron chi connectivity index (χ1n) is 9.44. The van der Waals surface area contributed by atoms with E-state index in [1.165, 1.54) is 11.9 Å². The Morgan fingerprint density at radius 3 is 1.38 bits per heavy atom. The van der Waals surface area contributed by atoms with Gasteiger partial charge in [0.2, 0.25) is 0 Å². The number of hydrogen-bond acceptors (Lipinski definition) is 4. The van der Waals surface area contributed by atoms with Gasteiger partial charge in [-0.05, 0) is 50.1 Å². The minimum absolute atomic E-state index is 0.895. The van der Waals surface area contributed by atoms with Crippen LogP contribution in [-0.4, -0.2) is 27.2 Å². The van der Waals surface area contributed by atoms with Gasteiger partial charge in [0, 0.05) is 30.5 Å². The summed E-state index contributed by atoms with van der Waals surface area (Å²) >= 11 is 0. The second-order valence-electron chi connectivity index (χ2n) is 4.32. The van der Waals surface area contributed by atoms with Crippen LogP contribution in [0.4, 0.5) is 0 Å². The fraction of sp³-hybridized carbons (Fsp3) is 0.455. The van der Waals surface area contributed by atoms with Crippen molar-refractivity contribution < 1.29 is 0 Å². The van der Waals surface area contributed by atoms with Gasteiger partial charge >= 0.3 is 0 Å². The third kappa shape index (κ3) is 21.6. The smallest absolute Gasteiger partial charge is 0.115 e. The van der Waals surface area contributed by atoms with Crippen LogP contribution in [0.15, 0.2) is 60.4 Å². The topological polar surface area (TPSA) is 51.0 Å². The molecular weight excluding hydrogens is 320 g/mol. The van der Waals surface area contributed by atoms with Crippen LogP contribution < -0.4 is 0 Å². The van der Waals surface area contributed by atoms with Crippen molar-refractivity contribution in [1.29, 1.82) is 0 Å². The Kier molecular flexibility index (Phi) is 27.2. The van der Waals surface area contributed by atoms with Gasteiger partial charge < -0.3 is 0 Å². The number of allylic oxidation sites excluding steroid dienone is 1. The highest BCUT2D eigenvalue weighted by Gasteiger charge is 1.85. The maximum absolute atomic E-state index is 4.04. The summed E-state index contributed by atoms with van der Waals surface area (Å²) in [5.41, 5.74) is 3.51. The molecule has 0 atom stereocenters. The van der Waals surface area contributed by atoms with Crippen molar-refractivity contribution in [1.82, 2.24) is 15.0 Å². The summed E-state index contributed by atoms with van der Waals surface area (Å²) in [7, 11) is 0. The SMILES string of the molecule is CC.CC.CC.CC1=NCC=C1.Cc1ccncc1.Cc1cncnc1. The van der Waals surface area contributed by atoms with Crippen molar-refractivity contribution in [2.45, 2.75) is 62.3 Å². The average molecular weight is 359 g/mol. The molecule has 1 aliphatic rings. The molecule has 4 heteroatoms. The molecule has 2 aromatic heterocycles. The van der Waals surface area contributed by atoms with Crippen molar-refractivity contribution in [3.8, 4) is 0 Å². The summed E-state index contributed by atoms with van der Waals surface area (Å²) in [4.78, 5) is 15.4. The summed E-state index contributed by atoms with van der Waals surface area (Å²) in [6.07, 6.45) is 12.7. The van der Waals surface area contributed by atoms with Crippen molar-refractivity contribution >= 4 is 5.71 Å². The maximum Gasteiger partial charge on any atom is 0.115 e. The van der Waals surface area contributed by atoms with Crippen molar-refractivity contribution in [2.24, 2.45) is 4.99 Å². The molecule has 4 nitrogen and oxygen atoms in total. The van der Waals surface area contributed by atoms with E-state index in [1.807, 2.05) is 80.5 Å². The molecule has 0 radical (unpaired) electrons. The van der Waals surface area contributed by atoms with Gasteiger partial charge in [-0.3, -0.25) is 9.98 Å². The molecule has 0 N–H and O–H groups in total. The predicted octanol–water partition coefficient (Wildman–Crippen LogP) is 6.27. The zero-order chi connectivity index (χ0) is 20.6. The van der Waals surface area contributed by atoms with Gasteiger partial charge in [-0.25, -0.2) is 9.97 Å². The van der Waals surface area contributed by atoms with Gasteiger partial charge in [0.05, 0.1) is 6.54 Å². The molecule has 0 aromatic carbocycles. The monoisotopic (exact) mass is 358 g/mol. The van der Waals surface area contributed by atoms with Crippen LogP contribution in [0.5, 0.6) is 0 Å². The summed E-state index contributed by atoms with van der Waals surface area (Å²) < 4.78 is 0. The standard InChI is InChI=1S/C6H7N.C5H6N2.C5H7N.3C2H6/c1-6-2-4-7-5-3-6;1-5-2-6-4-7-3-5;1-5-3-2-4-6-5;3*1-2/h2-5H,1H3;2-4H,1H3;2-3H,4H2,1H3;3*1-2H3. The quantitative estimate of drug-likeness (QED) is 0.557. The highest BCUT2D eigenvalue weighted by Crippen LogP contribution is 1.89. The zero-order valence-corrected chi connectivity index (χ0v) is 18.2. The van der Waals surface area contributed by atoms with Gasteiger partial charge in [0.15, 0.2) is 0 Å². The van der Waals surface area contributed by atoms with Crippen LogP contribution in [0.3, 0.4) is 0 Å². The maximum atomic E-state index is 4.04. The second-order valence-corrected chi connectivity index (χ2v) is 4.32. The van der Waals surface area contributed by atoms with Crippen molar-refractivity contribution in [3.05, 3.63) is 66.5 Å². The highest BCUT2D eigenvalue weighted by atomic mass is 14.8. The van der Waals surface area contributed by atoms with Crippen LogP contribution in [-0.2, 0) is 0 Å². The molecule has 1 aliphatic heterocycles. The normalized spacial score (nSPS) is 9.65. The van der Waals surface area contributed by atoms with Crippen molar-refractivity contribution in [3.63, 3.8) is 0 Å². The van der Waals surface area contributed by atoms with Crippen LogP contribution in [0.25, 0.3) is 0 Å². The molecule has 2 aromatic rings. The molecule has 0 amide bonds. The Labute approximate surface area is 161 Å². The third-order valence-corrected chi connectivity index (χ3v) is 2.34. The molecule has 0 saturated heterocycles. The summed E-state index contributed by atoms with van der Waals surface area (Å²) in [6, 6.07) is 3.94. The lowest BCUT2D eigenvalue weighted by atomic mass is 10.3. The lowest BCUT2D eigenvalue weighted by molar-refractivity contribution is 1.13. The Morgan fingerprint density at radius 1 is 0.692 bits per heavy atom. The molecule has 3 heterocycles. The fourth-order valence-electron chi connectivity index (χ4n) is 1.27. The van der Waals surface area contributed by atoms with Crippen molar-refractivity contribution in [2.75, 3.05) is 6.54 Å². The van der Waals surface area contributed by atoms with E-state index in [2.05, 4.69) is 26.0 Å². The largest absolute Gasteiger partial charge is 0.286 e. The van der Waals surface area contributed by atoms with E-state index in [0.29, 0.717) is 0 Å². The Hall–Kier alpha value is -2.36. The van der Waals surface area contributed by atoms with Gasteiger partial charge in [0.1, 0.15) is 6.33 Å². The third-order valence-electron chi connectivity index (χ3n) is 2.34. The van der Waals surface area contributed by atoms with E-state index in [1.54, 1.807) is 24.8 Å². The summed E-state index contributed by atoms with van der Waals surface area (Å²) in [6.45, 7) is 18.9.